The zero-order valence-corrected chi connectivity index (χ0v) is 8.46. The summed E-state index contributed by atoms with van der Waals surface area (Å²) in [5.74, 6) is 0.881. The van der Waals surface area contributed by atoms with Crippen LogP contribution in [0.25, 0.3) is 0 Å². The molecule has 0 saturated heterocycles. The smallest absolute Gasteiger partial charge is 0.189 e. The van der Waals surface area contributed by atoms with Gasteiger partial charge in [0.15, 0.2) is 6.79 Å². The Morgan fingerprint density at radius 2 is 1.69 bits per heavy atom. The minimum Gasteiger partial charge on any atom is -0.468 e. The number of rotatable bonds is 4. The maximum Gasteiger partial charge on any atom is 0.189 e. The van der Waals surface area contributed by atoms with Crippen molar-refractivity contribution in [2.75, 3.05) is 13.4 Å². The van der Waals surface area contributed by atoms with Crippen molar-refractivity contribution < 1.29 is 9.47 Å². The highest BCUT2D eigenvalue weighted by Gasteiger charge is 1.95. The van der Waals surface area contributed by atoms with Crippen LogP contribution in [0.5, 0.6) is 5.75 Å². The summed E-state index contributed by atoms with van der Waals surface area (Å²) in [6, 6.07) is 6.13. The Kier molecular flexibility index (Phi) is 3.77. The fraction of sp³-hybridized carbons (Fsp3) is 0.455. The van der Waals surface area contributed by atoms with Crippen LogP contribution in [0, 0.1) is 13.8 Å². The fourth-order valence-corrected chi connectivity index (χ4v) is 1.21. The summed E-state index contributed by atoms with van der Waals surface area (Å²) in [6.07, 6.45) is 0. The average molecular weight is 180 g/mol. The molecule has 0 spiro atoms. The fourth-order valence-electron chi connectivity index (χ4n) is 1.21. The van der Waals surface area contributed by atoms with Gasteiger partial charge in [0, 0.05) is 6.61 Å². The monoisotopic (exact) mass is 180 g/mol. The van der Waals surface area contributed by atoms with Gasteiger partial charge in [-0.05, 0) is 44.0 Å². The molecule has 0 aliphatic heterocycles. The van der Waals surface area contributed by atoms with Gasteiger partial charge in [0.05, 0.1) is 0 Å². The third kappa shape index (κ3) is 3.47. The molecule has 0 fully saturated rings. The Labute approximate surface area is 79.5 Å². The van der Waals surface area contributed by atoms with E-state index in [9.17, 15) is 0 Å². The zero-order valence-electron chi connectivity index (χ0n) is 8.46. The molecule has 0 amide bonds. The molecule has 2 heteroatoms. The standard InChI is InChI=1S/C11H16O2/c1-4-12-8-13-11-6-9(2)5-10(3)7-11/h5-7H,4,8H2,1-3H3. The van der Waals surface area contributed by atoms with Crippen LogP contribution in [0.1, 0.15) is 18.1 Å². The highest BCUT2D eigenvalue weighted by molar-refractivity contribution is 5.32. The lowest BCUT2D eigenvalue weighted by molar-refractivity contribution is 0.0223. The Morgan fingerprint density at radius 3 is 2.23 bits per heavy atom. The molecular formula is C11H16O2. The number of hydrogen-bond donors (Lipinski definition) is 0. The van der Waals surface area contributed by atoms with Crippen LogP contribution in [0.2, 0.25) is 0 Å². The summed E-state index contributed by atoms with van der Waals surface area (Å²) >= 11 is 0. The van der Waals surface area contributed by atoms with E-state index in [1.165, 1.54) is 11.1 Å². The molecule has 0 aromatic heterocycles. The van der Waals surface area contributed by atoms with E-state index < -0.39 is 0 Å². The van der Waals surface area contributed by atoms with Crippen molar-refractivity contribution in [1.82, 2.24) is 0 Å². The molecule has 0 bridgehead atoms. The number of aryl methyl sites for hydroxylation is 2. The summed E-state index contributed by atoms with van der Waals surface area (Å²) in [6.45, 7) is 7.08. The average Bonchev–Trinajstić information content (AvgIpc) is 2.03. The van der Waals surface area contributed by atoms with Crippen LogP contribution >= 0.6 is 0 Å². The van der Waals surface area contributed by atoms with Crippen molar-refractivity contribution in [3.8, 4) is 5.75 Å². The van der Waals surface area contributed by atoms with Crippen LogP contribution < -0.4 is 4.74 Å². The van der Waals surface area contributed by atoms with Crippen molar-refractivity contribution in [2.45, 2.75) is 20.8 Å². The first-order chi connectivity index (χ1) is 6.22. The minimum absolute atomic E-state index is 0.333. The molecule has 1 aromatic carbocycles. The first-order valence-electron chi connectivity index (χ1n) is 4.51. The Hall–Kier alpha value is -1.02. The maximum absolute atomic E-state index is 5.39. The van der Waals surface area contributed by atoms with E-state index in [-0.39, 0.29) is 0 Å². The molecule has 0 N–H and O–H groups in total. The molecule has 0 heterocycles. The summed E-state index contributed by atoms with van der Waals surface area (Å²) in [5.41, 5.74) is 2.43. The lowest BCUT2D eigenvalue weighted by Gasteiger charge is -2.07. The lowest BCUT2D eigenvalue weighted by Crippen LogP contribution is -2.02. The first kappa shape index (κ1) is 10.1. The summed E-state index contributed by atoms with van der Waals surface area (Å²) in [7, 11) is 0. The highest BCUT2D eigenvalue weighted by atomic mass is 16.7. The van der Waals surface area contributed by atoms with Gasteiger partial charge in [-0.2, -0.15) is 0 Å². The van der Waals surface area contributed by atoms with Gasteiger partial charge in [-0.1, -0.05) is 6.07 Å². The van der Waals surface area contributed by atoms with Gasteiger partial charge in [-0.3, -0.25) is 0 Å². The van der Waals surface area contributed by atoms with Gasteiger partial charge >= 0.3 is 0 Å². The summed E-state index contributed by atoms with van der Waals surface area (Å²) in [4.78, 5) is 0. The number of benzene rings is 1. The molecule has 0 unspecified atom stereocenters. The predicted molar refractivity (Wildman–Crippen MR) is 53.0 cm³/mol. The second-order valence-corrected chi connectivity index (χ2v) is 3.08. The molecule has 2 nitrogen and oxygen atoms in total. The van der Waals surface area contributed by atoms with E-state index >= 15 is 0 Å². The molecular weight excluding hydrogens is 164 g/mol. The molecule has 13 heavy (non-hydrogen) atoms. The van der Waals surface area contributed by atoms with Gasteiger partial charge in [0.1, 0.15) is 5.75 Å². The van der Waals surface area contributed by atoms with Crippen molar-refractivity contribution in [2.24, 2.45) is 0 Å². The van der Waals surface area contributed by atoms with E-state index in [1.54, 1.807) is 0 Å². The van der Waals surface area contributed by atoms with Gasteiger partial charge in [0.2, 0.25) is 0 Å². The third-order valence-corrected chi connectivity index (χ3v) is 1.71. The lowest BCUT2D eigenvalue weighted by atomic mass is 10.1. The van der Waals surface area contributed by atoms with E-state index in [2.05, 4.69) is 19.9 Å². The Balaban J connectivity index is 2.56. The topological polar surface area (TPSA) is 18.5 Å². The maximum atomic E-state index is 5.39. The number of ether oxygens (including phenoxy) is 2. The van der Waals surface area contributed by atoms with Crippen LogP contribution in [0.15, 0.2) is 18.2 Å². The number of hydrogen-bond acceptors (Lipinski definition) is 2. The van der Waals surface area contributed by atoms with Crippen LogP contribution in [-0.2, 0) is 4.74 Å². The molecule has 0 aliphatic carbocycles. The molecule has 1 rings (SSSR count). The van der Waals surface area contributed by atoms with Gasteiger partial charge in [0.25, 0.3) is 0 Å². The van der Waals surface area contributed by atoms with Gasteiger partial charge in [-0.25, -0.2) is 0 Å². The molecule has 1 aromatic rings. The molecule has 0 radical (unpaired) electrons. The van der Waals surface area contributed by atoms with Crippen molar-refractivity contribution in [3.05, 3.63) is 29.3 Å². The Bertz CT molecular complexity index is 249. The van der Waals surface area contributed by atoms with Crippen molar-refractivity contribution in [1.29, 1.82) is 0 Å². The summed E-state index contributed by atoms with van der Waals surface area (Å²) < 4.78 is 10.5. The molecule has 0 saturated carbocycles. The van der Waals surface area contributed by atoms with Gasteiger partial charge < -0.3 is 9.47 Å². The SMILES string of the molecule is CCOCOc1cc(C)cc(C)c1. The molecule has 0 atom stereocenters. The van der Waals surface area contributed by atoms with Crippen LogP contribution in [0.3, 0.4) is 0 Å². The second-order valence-electron chi connectivity index (χ2n) is 3.08. The first-order valence-corrected chi connectivity index (χ1v) is 4.51. The van der Waals surface area contributed by atoms with Crippen LogP contribution in [-0.4, -0.2) is 13.4 Å². The zero-order chi connectivity index (χ0) is 9.68. The molecule has 0 aliphatic rings. The summed E-state index contributed by atoms with van der Waals surface area (Å²) in [5, 5.41) is 0. The van der Waals surface area contributed by atoms with Crippen molar-refractivity contribution >= 4 is 0 Å². The quantitative estimate of drug-likeness (QED) is 0.524. The second kappa shape index (κ2) is 4.87. The van der Waals surface area contributed by atoms with E-state index in [1.807, 2.05) is 19.1 Å². The van der Waals surface area contributed by atoms with Crippen molar-refractivity contribution in [3.63, 3.8) is 0 Å². The highest BCUT2D eigenvalue weighted by Crippen LogP contribution is 2.15. The largest absolute Gasteiger partial charge is 0.468 e. The van der Waals surface area contributed by atoms with Gasteiger partial charge in [-0.15, -0.1) is 0 Å². The van der Waals surface area contributed by atoms with Crippen LogP contribution in [0.4, 0.5) is 0 Å². The predicted octanol–water partition coefficient (Wildman–Crippen LogP) is 2.68. The normalized spacial score (nSPS) is 10.1. The Morgan fingerprint density at radius 1 is 1.08 bits per heavy atom. The van der Waals surface area contributed by atoms with E-state index in [0.717, 1.165) is 5.75 Å². The van der Waals surface area contributed by atoms with E-state index in [4.69, 9.17) is 9.47 Å². The van der Waals surface area contributed by atoms with E-state index in [0.29, 0.717) is 13.4 Å². The minimum atomic E-state index is 0.333. The third-order valence-electron chi connectivity index (χ3n) is 1.71. The molecule has 72 valence electrons.